The van der Waals surface area contributed by atoms with E-state index in [2.05, 4.69) is 5.32 Å². The second-order valence-corrected chi connectivity index (χ2v) is 4.68. The Balaban J connectivity index is 2.02. The molecule has 2 heterocycles. The second-order valence-electron chi connectivity index (χ2n) is 4.68. The molecule has 1 amide bonds. The Labute approximate surface area is 115 Å². The lowest BCUT2D eigenvalue weighted by atomic mass is 9.95. The van der Waals surface area contributed by atoms with Gasteiger partial charge in [0.1, 0.15) is 17.6 Å². The van der Waals surface area contributed by atoms with Gasteiger partial charge in [0.25, 0.3) is 0 Å². The second kappa shape index (κ2) is 4.13. The number of nitrogens with one attached hydrogen (secondary N) is 1. The minimum Gasteiger partial charge on any atom is -0.467 e. The standard InChI is InChI=1S/C16H11NO3/c18-16-17-15(13-6-3-9-19-13)14-11-5-2-1-4-10(11)7-8-12(14)20-16/h1-9,15H,(H,17,18). The highest BCUT2D eigenvalue weighted by Gasteiger charge is 2.30. The van der Waals surface area contributed by atoms with Gasteiger partial charge in [0.15, 0.2) is 0 Å². The molecule has 0 fully saturated rings. The molecule has 0 saturated heterocycles. The number of hydrogen-bond donors (Lipinski definition) is 1. The highest BCUT2D eigenvalue weighted by Crippen LogP contribution is 2.38. The Morgan fingerprint density at radius 3 is 2.75 bits per heavy atom. The molecule has 0 spiro atoms. The van der Waals surface area contributed by atoms with Gasteiger partial charge in [-0.3, -0.25) is 0 Å². The van der Waals surface area contributed by atoms with Crippen LogP contribution in [0.25, 0.3) is 10.8 Å². The Morgan fingerprint density at radius 1 is 1.00 bits per heavy atom. The lowest BCUT2D eigenvalue weighted by molar-refractivity contribution is 0.189. The number of carbonyl (C=O) groups excluding carboxylic acids is 1. The number of carbonyl (C=O) groups is 1. The van der Waals surface area contributed by atoms with Crippen molar-refractivity contribution < 1.29 is 13.9 Å². The molecule has 1 aromatic heterocycles. The van der Waals surface area contributed by atoms with E-state index < -0.39 is 6.09 Å². The normalized spacial score (nSPS) is 17.4. The van der Waals surface area contributed by atoms with Crippen molar-refractivity contribution in [3.8, 4) is 5.75 Å². The summed E-state index contributed by atoms with van der Waals surface area (Å²) in [5, 5.41) is 4.96. The molecule has 20 heavy (non-hydrogen) atoms. The van der Waals surface area contributed by atoms with Crippen LogP contribution in [0, 0.1) is 0 Å². The minimum atomic E-state index is -0.464. The molecule has 1 unspecified atom stereocenters. The van der Waals surface area contributed by atoms with Crippen LogP contribution in [0.15, 0.2) is 59.2 Å². The van der Waals surface area contributed by atoms with Crippen molar-refractivity contribution in [3.05, 3.63) is 66.1 Å². The van der Waals surface area contributed by atoms with E-state index in [-0.39, 0.29) is 6.04 Å². The Morgan fingerprint density at radius 2 is 1.90 bits per heavy atom. The fourth-order valence-electron chi connectivity index (χ4n) is 2.65. The zero-order chi connectivity index (χ0) is 13.5. The monoisotopic (exact) mass is 265 g/mol. The summed E-state index contributed by atoms with van der Waals surface area (Å²) in [7, 11) is 0. The van der Waals surface area contributed by atoms with Crippen LogP contribution in [0.1, 0.15) is 17.4 Å². The van der Waals surface area contributed by atoms with E-state index >= 15 is 0 Å². The van der Waals surface area contributed by atoms with Gasteiger partial charge in [0.2, 0.25) is 0 Å². The van der Waals surface area contributed by atoms with E-state index in [4.69, 9.17) is 9.15 Å². The third-order valence-electron chi connectivity index (χ3n) is 3.51. The van der Waals surface area contributed by atoms with Crippen LogP contribution in [0.3, 0.4) is 0 Å². The molecule has 4 rings (SSSR count). The maximum atomic E-state index is 11.7. The van der Waals surface area contributed by atoms with Gasteiger partial charge in [-0.05, 0) is 29.0 Å². The van der Waals surface area contributed by atoms with E-state index in [1.54, 1.807) is 6.26 Å². The van der Waals surface area contributed by atoms with Crippen LogP contribution in [-0.2, 0) is 0 Å². The Bertz CT molecular complexity index is 793. The summed E-state index contributed by atoms with van der Waals surface area (Å²) in [6, 6.07) is 15.1. The van der Waals surface area contributed by atoms with Crippen molar-refractivity contribution in [2.24, 2.45) is 0 Å². The molecule has 1 aliphatic heterocycles. The largest absolute Gasteiger partial charge is 0.467 e. The minimum absolute atomic E-state index is 0.327. The van der Waals surface area contributed by atoms with E-state index in [1.165, 1.54) is 0 Å². The summed E-state index contributed by atoms with van der Waals surface area (Å²) in [4.78, 5) is 11.7. The zero-order valence-corrected chi connectivity index (χ0v) is 10.5. The van der Waals surface area contributed by atoms with Crippen LogP contribution in [0.5, 0.6) is 5.75 Å². The first-order chi connectivity index (χ1) is 9.83. The lowest BCUT2D eigenvalue weighted by Gasteiger charge is -2.26. The Hall–Kier alpha value is -2.75. The molecule has 0 saturated carbocycles. The molecule has 98 valence electrons. The first-order valence-corrected chi connectivity index (χ1v) is 6.36. The van der Waals surface area contributed by atoms with Gasteiger partial charge in [0, 0.05) is 5.56 Å². The summed E-state index contributed by atoms with van der Waals surface area (Å²) in [5.41, 5.74) is 0.928. The predicted molar refractivity (Wildman–Crippen MR) is 73.7 cm³/mol. The Kier molecular flexibility index (Phi) is 2.29. The smallest absolute Gasteiger partial charge is 0.413 e. The van der Waals surface area contributed by atoms with Gasteiger partial charge < -0.3 is 14.5 Å². The first kappa shape index (κ1) is 11.1. The zero-order valence-electron chi connectivity index (χ0n) is 10.5. The van der Waals surface area contributed by atoms with Crippen molar-refractivity contribution >= 4 is 16.9 Å². The molecule has 1 N–H and O–H groups in total. The lowest BCUT2D eigenvalue weighted by Crippen LogP contribution is -2.36. The average molecular weight is 265 g/mol. The molecule has 2 aromatic carbocycles. The van der Waals surface area contributed by atoms with E-state index in [9.17, 15) is 4.79 Å². The van der Waals surface area contributed by atoms with Crippen molar-refractivity contribution in [1.29, 1.82) is 0 Å². The van der Waals surface area contributed by atoms with Crippen LogP contribution in [0.2, 0.25) is 0 Å². The summed E-state index contributed by atoms with van der Waals surface area (Å²) in [6.07, 6.45) is 1.14. The number of hydrogen-bond acceptors (Lipinski definition) is 3. The third-order valence-corrected chi connectivity index (χ3v) is 3.51. The highest BCUT2D eigenvalue weighted by molar-refractivity contribution is 5.91. The first-order valence-electron chi connectivity index (χ1n) is 6.36. The van der Waals surface area contributed by atoms with Crippen LogP contribution >= 0.6 is 0 Å². The van der Waals surface area contributed by atoms with E-state index in [1.807, 2.05) is 48.5 Å². The summed E-state index contributed by atoms with van der Waals surface area (Å²) < 4.78 is 10.7. The fourth-order valence-corrected chi connectivity index (χ4v) is 2.65. The topological polar surface area (TPSA) is 51.5 Å². The van der Waals surface area contributed by atoms with Crippen LogP contribution in [-0.4, -0.2) is 6.09 Å². The average Bonchev–Trinajstić information content (AvgIpc) is 3.00. The van der Waals surface area contributed by atoms with Crippen molar-refractivity contribution in [2.45, 2.75) is 6.04 Å². The maximum Gasteiger partial charge on any atom is 0.413 e. The molecule has 1 atom stereocenters. The van der Waals surface area contributed by atoms with Gasteiger partial charge in [0.05, 0.1) is 6.26 Å². The number of fused-ring (bicyclic) bond motifs is 3. The van der Waals surface area contributed by atoms with Gasteiger partial charge in [-0.1, -0.05) is 30.3 Å². The number of amides is 1. The number of furan rings is 1. The predicted octanol–water partition coefficient (Wildman–Crippen LogP) is 3.62. The van der Waals surface area contributed by atoms with Crippen LogP contribution < -0.4 is 10.1 Å². The summed E-state index contributed by atoms with van der Waals surface area (Å²) in [5.74, 6) is 1.27. The molecule has 4 heteroatoms. The quantitative estimate of drug-likeness (QED) is 0.731. The molecular weight excluding hydrogens is 254 g/mol. The maximum absolute atomic E-state index is 11.7. The van der Waals surface area contributed by atoms with Crippen molar-refractivity contribution in [1.82, 2.24) is 5.32 Å². The number of ether oxygens (including phenoxy) is 1. The van der Waals surface area contributed by atoms with Crippen molar-refractivity contribution in [2.75, 3.05) is 0 Å². The molecule has 0 radical (unpaired) electrons. The van der Waals surface area contributed by atoms with Crippen molar-refractivity contribution in [3.63, 3.8) is 0 Å². The fraction of sp³-hybridized carbons (Fsp3) is 0.0625. The van der Waals surface area contributed by atoms with Gasteiger partial charge >= 0.3 is 6.09 Å². The molecule has 0 aliphatic carbocycles. The molecule has 1 aliphatic rings. The molecule has 4 nitrogen and oxygen atoms in total. The van der Waals surface area contributed by atoms with Gasteiger partial charge in [-0.25, -0.2) is 4.79 Å². The van der Waals surface area contributed by atoms with Gasteiger partial charge in [-0.15, -0.1) is 0 Å². The van der Waals surface area contributed by atoms with E-state index in [0.29, 0.717) is 11.5 Å². The SMILES string of the molecule is O=C1NC(c2ccco2)c2c(ccc3ccccc23)O1. The summed E-state index contributed by atoms with van der Waals surface area (Å²) >= 11 is 0. The number of benzene rings is 2. The summed E-state index contributed by atoms with van der Waals surface area (Å²) in [6.45, 7) is 0. The van der Waals surface area contributed by atoms with Gasteiger partial charge in [-0.2, -0.15) is 0 Å². The molecular formula is C16H11NO3. The number of rotatable bonds is 1. The molecule has 0 bridgehead atoms. The highest BCUT2D eigenvalue weighted by atomic mass is 16.6. The van der Waals surface area contributed by atoms with E-state index in [0.717, 1.165) is 16.3 Å². The van der Waals surface area contributed by atoms with Crippen LogP contribution in [0.4, 0.5) is 4.79 Å². The third kappa shape index (κ3) is 1.58. The molecule has 3 aromatic rings.